The van der Waals surface area contributed by atoms with Gasteiger partial charge in [-0.05, 0) is 24.1 Å². The highest BCUT2D eigenvalue weighted by molar-refractivity contribution is 7.81. The lowest BCUT2D eigenvalue weighted by Crippen LogP contribution is -2.38. The summed E-state index contributed by atoms with van der Waals surface area (Å²) < 4.78 is 43.3. The van der Waals surface area contributed by atoms with Crippen molar-refractivity contribution in [3.8, 4) is 5.75 Å². The Balaban J connectivity index is 1.24. The van der Waals surface area contributed by atoms with Gasteiger partial charge in [0.1, 0.15) is 11.9 Å². The third-order valence-corrected chi connectivity index (χ3v) is 6.16. The maximum Gasteiger partial charge on any atom is 0.399 e. The summed E-state index contributed by atoms with van der Waals surface area (Å²) in [6.07, 6.45) is 2.60. The molecule has 0 unspecified atom stereocenters. The van der Waals surface area contributed by atoms with Gasteiger partial charge in [0.2, 0.25) is 0 Å². The van der Waals surface area contributed by atoms with Gasteiger partial charge in [-0.3, -0.25) is 0 Å². The predicted octanol–water partition coefficient (Wildman–Crippen LogP) is 2.69. The Kier molecular flexibility index (Phi) is 6.26. The van der Waals surface area contributed by atoms with Crippen LogP contribution in [0, 0.1) is 5.92 Å². The smallest absolute Gasteiger partial charge is 0.399 e. The van der Waals surface area contributed by atoms with Crippen LogP contribution in [0.1, 0.15) is 44.0 Å². The van der Waals surface area contributed by atoms with Gasteiger partial charge >= 0.3 is 16.4 Å². The van der Waals surface area contributed by atoms with Gasteiger partial charge in [-0.2, -0.15) is 13.4 Å². The maximum absolute atomic E-state index is 11.1. The molecule has 9 nitrogen and oxygen atoms in total. The number of hydrogen-bond donors (Lipinski definition) is 0. The highest BCUT2D eigenvalue weighted by Crippen LogP contribution is 2.24. The van der Waals surface area contributed by atoms with E-state index in [0.29, 0.717) is 12.4 Å². The van der Waals surface area contributed by atoms with Crippen LogP contribution in [0.5, 0.6) is 5.75 Å². The third kappa shape index (κ3) is 5.30. The molecule has 0 saturated carbocycles. The lowest BCUT2D eigenvalue weighted by Gasteiger charge is -2.30. The second kappa shape index (κ2) is 8.91. The number of nitrogens with zero attached hydrogens (tertiary/aromatic N) is 3. The molecule has 3 heterocycles. The van der Waals surface area contributed by atoms with Crippen molar-refractivity contribution in [3.05, 3.63) is 35.7 Å². The second-order valence-electron chi connectivity index (χ2n) is 8.09. The molecule has 0 bridgehead atoms. The SMILES string of the molecule is CC(C)c1noc(N2CCC(Oc3ccc(CC4COS(=O)(=O)OC4)cc3)CC2)n1. The fourth-order valence-corrected chi connectivity index (χ4v) is 4.33. The summed E-state index contributed by atoms with van der Waals surface area (Å²) in [5, 5.41) is 4.03. The van der Waals surface area contributed by atoms with Gasteiger partial charge in [-0.1, -0.05) is 31.1 Å². The van der Waals surface area contributed by atoms with Gasteiger partial charge in [0.25, 0.3) is 0 Å². The monoisotopic (exact) mass is 437 g/mol. The first kappa shape index (κ1) is 21.1. The van der Waals surface area contributed by atoms with E-state index < -0.39 is 10.4 Å². The van der Waals surface area contributed by atoms with Crippen molar-refractivity contribution in [2.24, 2.45) is 5.92 Å². The molecule has 2 saturated heterocycles. The number of ether oxygens (including phenoxy) is 1. The zero-order chi connectivity index (χ0) is 21.1. The largest absolute Gasteiger partial charge is 0.490 e. The van der Waals surface area contributed by atoms with E-state index in [-0.39, 0.29) is 31.2 Å². The molecule has 30 heavy (non-hydrogen) atoms. The molecule has 0 N–H and O–H groups in total. The molecular formula is C20H27N3O6S. The van der Waals surface area contributed by atoms with E-state index in [2.05, 4.69) is 15.0 Å². The molecule has 0 aliphatic carbocycles. The van der Waals surface area contributed by atoms with E-state index in [0.717, 1.165) is 43.1 Å². The summed E-state index contributed by atoms with van der Waals surface area (Å²) in [5.74, 6) is 1.83. The second-order valence-corrected chi connectivity index (χ2v) is 9.37. The minimum atomic E-state index is -3.79. The van der Waals surface area contributed by atoms with Crippen LogP contribution in [-0.4, -0.2) is 51.0 Å². The van der Waals surface area contributed by atoms with E-state index in [1.165, 1.54) is 0 Å². The Morgan fingerprint density at radius 3 is 2.40 bits per heavy atom. The topological polar surface area (TPSA) is 104 Å². The lowest BCUT2D eigenvalue weighted by atomic mass is 10.0. The Bertz CT molecular complexity index is 922. The summed E-state index contributed by atoms with van der Waals surface area (Å²) in [7, 11) is -3.79. The van der Waals surface area contributed by atoms with Gasteiger partial charge in [0.15, 0.2) is 5.82 Å². The number of hydrogen-bond acceptors (Lipinski definition) is 9. The summed E-state index contributed by atoms with van der Waals surface area (Å²) >= 11 is 0. The van der Waals surface area contributed by atoms with Crippen molar-refractivity contribution >= 4 is 16.4 Å². The van der Waals surface area contributed by atoms with Crippen LogP contribution in [0.3, 0.4) is 0 Å². The van der Waals surface area contributed by atoms with Crippen LogP contribution < -0.4 is 9.64 Å². The third-order valence-electron chi connectivity index (χ3n) is 5.31. The Morgan fingerprint density at radius 2 is 1.80 bits per heavy atom. The average Bonchev–Trinajstić information content (AvgIpc) is 3.22. The van der Waals surface area contributed by atoms with Crippen LogP contribution in [0.15, 0.2) is 28.8 Å². The molecular weight excluding hydrogens is 410 g/mol. The van der Waals surface area contributed by atoms with Gasteiger partial charge in [-0.25, -0.2) is 8.37 Å². The molecule has 0 radical (unpaired) electrons. The molecule has 2 aromatic rings. The van der Waals surface area contributed by atoms with Crippen molar-refractivity contribution in [3.63, 3.8) is 0 Å². The van der Waals surface area contributed by atoms with E-state index >= 15 is 0 Å². The zero-order valence-electron chi connectivity index (χ0n) is 17.2. The molecule has 164 valence electrons. The zero-order valence-corrected chi connectivity index (χ0v) is 18.0. The van der Waals surface area contributed by atoms with Crippen LogP contribution in [0.2, 0.25) is 0 Å². The lowest BCUT2D eigenvalue weighted by molar-refractivity contribution is 0.103. The summed E-state index contributed by atoms with van der Waals surface area (Å²) in [6, 6.07) is 8.50. The first-order chi connectivity index (χ1) is 14.4. The van der Waals surface area contributed by atoms with Gasteiger partial charge in [0.05, 0.1) is 13.2 Å². The van der Waals surface area contributed by atoms with Crippen LogP contribution in [0.25, 0.3) is 0 Å². The number of rotatable bonds is 6. The Labute approximate surface area is 176 Å². The van der Waals surface area contributed by atoms with Crippen molar-refractivity contribution in [1.29, 1.82) is 0 Å². The molecule has 10 heteroatoms. The molecule has 1 aromatic heterocycles. The molecule has 0 amide bonds. The van der Waals surface area contributed by atoms with Crippen molar-refractivity contribution in [2.75, 3.05) is 31.2 Å². The highest BCUT2D eigenvalue weighted by Gasteiger charge is 2.26. The van der Waals surface area contributed by atoms with Gasteiger partial charge < -0.3 is 14.2 Å². The van der Waals surface area contributed by atoms with E-state index in [1.54, 1.807) is 0 Å². The first-order valence-electron chi connectivity index (χ1n) is 10.3. The van der Waals surface area contributed by atoms with Crippen molar-refractivity contribution in [1.82, 2.24) is 10.1 Å². The van der Waals surface area contributed by atoms with E-state index in [9.17, 15) is 8.42 Å². The van der Waals surface area contributed by atoms with E-state index in [4.69, 9.17) is 17.6 Å². The Hall–Kier alpha value is -2.17. The van der Waals surface area contributed by atoms with Crippen molar-refractivity contribution < 1.29 is 26.0 Å². The number of aromatic nitrogens is 2. The van der Waals surface area contributed by atoms with Crippen LogP contribution in [-0.2, 0) is 25.2 Å². The normalized spacial score (nSPS) is 20.6. The summed E-state index contributed by atoms with van der Waals surface area (Å²) in [5.41, 5.74) is 1.09. The standard InChI is InChI=1S/C20H27N3O6S/c1-14(2)19-21-20(29-22-19)23-9-7-18(8-10-23)28-17-5-3-15(4-6-17)11-16-12-26-30(24,25)27-13-16/h3-6,14,16,18H,7-13H2,1-2H3. The number of anilines is 1. The minimum absolute atomic E-state index is 0.0190. The van der Waals surface area contributed by atoms with Crippen LogP contribution >= 0.6 is 0 Å². The highest BCUT2D eigenvalue weighted by atomic mass is 32.3. The summed E-state index contributed by atoms with van der Waals surface area (Å²) in [4.78, 5) is 6.57. The quantitative estimate of drug-likeness (QED) is 0.674. The Morgan fingerprint density at radius 1 is 1.13 bits per heavy atom. The minimum Gasteiger partial charge on any atom is -0.490 e. The molecule has 0 atom stereocenters. The number of piperidine rings is 1. The van der Waals surface area contributed by atoms with Gasteiger partial charge in [-0.15, -0.1) is 0 Å². The van der Waals surface area contributed by atoms with Gasteiger partial charge in [0, 0.05) is 37.8 Å². The molecule has 0 spiro atoms. The fraction of sp³-hybridized carbons (Fsp3) is 0.600. The first-order valence-corrected chi connectivity index (χ1v) is 11.6. The number of benzene rings is 1. The molecule has 2 aliphatic rings. The predicted molar refractivity (Wildman–Crippen MR) is 109 cm³/mol. The molecule has 2 aliphatic heterocycles. The average molecular weight is 438 g/mol. The van der Waals surface area contributed by atoms with E-state index in [1.807, 2.05) is 38.1 Å². The summed E-state index contributed by atoms with van der Waals surface area (Å²) in [6.45, 7) is 6.01. The maximum atomic E-state index is 11.1. The molecule has 4 rings (SSSR count). The van der Waals surface area contributed by atoms with Crippen LogP contribution in [0.4, 0.5) is 6.01 Å². The van der Waals surface area contributed by atoms with Crippen molar-refractivity contribution in [2.45, 2.75) is 45.1 Å². The molecule has 2 fully saturated rings. The molecule has 1 aromatic carbocycles. The fourth-order valence-electron chi connectivity index (χ4n) is 3.54.